The van der Waals surface area contributed by atoms with Gasteiger partial charge in [0, 0.05) is 35.5 Å². The van der Waals surface area contributed by atoms with Crippen LogP contribution in [-0.2, 0) is 6.54 Å². The van der Waals surface area contributed by atoms with E-state index in [4.69, 9.17) is 9.47 Å². The Bertz CT molecular complexity index is 709. The number of benzene rings is 1. The lowest BCUT2D eigenvalue weighted by Gasteiger charge is -2.11. The van der Waals surface area contributed by atoms with Crippen molar-refractivity contribution in [1.29, 1.82) is 0 Å². The molecule has 126 valence electrons. The molecule has 7 nitrogen and oxygen atoms in total. The van der Waals surface area contributed by atoms with E-state index in [1.54, 1.807) is 38.7 Å². The fourth-order valence-electron chi connectivity index (χ4n) is 2.34. The smallest absolute Gasteiger partial charge is 0.319 e. The largest absolute Gasteiger partial charge is 0.497 e. The second kappa shape index (κ2) is 7.16. The maximum atomic E-state index is 12.1. The van der Waals surface area contributed by atoms with E-state index >= 15 is 0 Å². The third-order valence-electron chi connectivity index (χ3n) is 3.78. The van der Waals surface area contributed by atoms with Gasteiger partial charge in [0.1, 0.15) is 17.8 Å². The van der Waals surface area contributed by atoms with Gasteiger partial charge in [-0.3, -0.25) is 0 Å². The van der Waals surface area contributed by atoms with Crippen molar-refractivity contribution < 1.29 is 14.3 Å². The standard InChI is InChI=1S/C17H20N4O3/c1-23-14-5-12(6-15(8-14)24-2)21-17(22)18-9-13-7-16(11-3-4-11)20-10-19-13/h5-8,10-11H,3-4,9H2,1-2H3,(H2,18,21,22). The molecule has 3 rings (SSSR count). The number of nitrogens with one attached hydrogen (secondary N) is 2. The quantitative estimate of drug-likeness (QED) is 0.851. The minimum Gasteiger partial charge on any atom is -0.497 e. The second-order valence-electron chi connectivity index (χ2n) is 5.62. The lowest BCUT2D eigenvalue weighted by Crippen LogP contribution is -2.28. The molecule has 1 saturated carbocycles. The molecule has 1 heterocycles. The molecule has 1 aromatic carbocycles. The minimum absolute atomic E-state index is 0.322. The number of rotatable bonds is 6. The Balaban J connectivity index is 1.58. The number of aromatic nitrogens is 2. The van der Waals surface area contributed by atoms with Crippen molar-refractivity contribution in [3.8, 4) is 11.5 Å². The number of methoxy groups -OCH3 is 2. The molecule has 0 saturated heterocycles. The first-order valence-electron chi connectivity index (χ1n) is 7.76. The average Bonchev–Trinajstić information content (AvgIpc) is 3.45. The zero-order valence-corrected chi connectivity index (χ0v) is 13.7. The van der Waals surface area contributed by atoms with Crippen molar-refractivity contribution in [2.75, 3.05) is 19.5 Å². The number of ether oxygens (including phenoxy) is 2. The first kappa shape index (κ1) is 16.0. The fraction of sp³-hybridized carbons (Fsp3) is 0.353. The normalized spacial score (nSPS) is 13.2. The molecular formula is C17H20N4O3. The minimum atomic E-state index is -0.322. The number of urea groups is 1. The molecule has 24 heavy (non-hydrogen) atoms. The van der Waals surface area contributed by atoms with E-state index in [1.807, 2.05) is 6.07 Å². The van der Waals surface area contributed by atoms with Gasteiger partial charge in [-0.15, -0.1) is 0 Å². The SMILES string of the molecule is COc1cc(NC(=O)NCc2cc(C3CC3)ncn2)cc(OC)c1. The van der Waals surface area contributed by atoms with E-state index in [0.29, 0.717) is 29.6 Å². The van der Waals surface area contributed by atoms with Gasteiger partial charge in [-0.05, 0) is 18.9 Å². The molecule has 1 aromatic heterocycles. The molecule has 1 fully saturated rings. The number of hydrogen-bond acceptors (Lipinski definition) is 5. The average molecular weight is 328 g/mol. The van der Waals surface area contributed by atoms with Crippen LogP contribution in [0.15, 0.2) is 30.6 Å². The van der Waals surface area contributed by atoms with Gasteiger partial charge in [-0.2, -0.15) is 0 Å². The monoisotopic (exact) mass is 328 g/mol. The van der Waals surface area contributed by atoms with E-state index in [1.165, 1.54) is 12.8 Å². The Hall–Kier alpha value is -2.83. The highest BCUT2D eigenvalue weighted by Gasteiger charge is 2.25. The van der Waals surface area contributed by atoms with E-state index in [9.17, 15) is 4.79 Å². The number of amides is 2. The van der Waals surface area contributed by atoms with E-state index in [-0.39, 0.29) is 6.03 Å². The lowest BCUT2D eigenvalue weighted by atomic mass is 10.2. The summed E-state index contributed by atoms with van der Waals surface area (Å²) in [6.45, 7) is 0.342. The highest BCUT2D eigenvalue weighted by Crippen LogP contribution is 2.38. The second-order valence-corrected chi connectivity index (χ2v) is 5.62. The summed E-state index contributed by atoms with van der Waals surface area (Å²) in [6, 6.07) is 6.81. The van der Waals surface area contributed by atoms with Crippen LogP contribution in [0, 0.1) is 0 Å². The molecule has 7 heteroatoms. The highest BCUT2D eigenvalue weighted by molar-refractivity contribution is 5.89. The van der Waals surface area contributed by atoms with E-state index in [2.05, 4.69) is 20.6 Å². The summed E-state index contributed by atoms with van der Waals surface area (Å²) >= 11 is 0. The zero-order valence-electron chi connectivity index (χ0n) is 13.7. The molecule has 0 unspecified atom stereocenters. The topological polar surface area (TPSA) is 85.4 Å². The van der Waals surface area contributed by atoms with Crippen LogP contribution in [0.3, 0.4) is 0 Å². The maximum absolute atomic E-state index is 12.1. The molecule has 0 atom stereocenters. The summed E-state index contributed by atoms with van der Waals surface area (Å²) in [5.41, 5.74) is 2.44. The predicted molar refractivity (Wildman–Crippen MR) is 89.4 cm³/mol. The van der Waals surface area contributed by atoms with Crippen LogP contribution in [0.4, 0.5) is 10.5 Å². The van der Waals surface area contributed by atoms with Crippen LogP contribution in [0.5, 0.6) is 11.5 Å². The molecule has 2 amide bonds. The Kier molecular flexibility index (Phi) is 4.79. The van der Waals surface area contributed by atoms with Crippen LogP contribution in [-0.4, -0.2) is 30.2 Å². The number of carbonyl (C=O) groups excluding carboxylic acids is 1. The molecular weight excluding hydrogens is 308 g/mol. The van der Waals surface area contributed by atoms with Gasteiger partial charge in [0.15, 0.2) is 0 Å². The van der Waals surface area contributed by atoms with E-state index in [0.717, 1.165) is 11.4 Å². The van der Waals surface area contributed by atoms with Gasteiger partial charge in [-0.25, -0.2) is 14.8 Å². The third kappa shape index (κ3) is 4.13. The van der Waals surface area contributed by atoms with Crippen molar-refractivity contribution in [2.45, 2.75) is 25.3 Å². The third-order valence-corrected chi connectivity index (χ3v) is 3.78. The number of hydrogen-bond donors (Lipinski definition) is 2. The van der Waals surface area contributed by atoms with Crippen molar-refractivity contribution in [3.63, 3.8) is 0 Å². The molecule has 1 aliphatic carbocycles. The Labute approximate surface area is 140 Å². The summed E-state index contributed by atoms with van der Waals surface area (Å²) in [5.74, 6) is 1.77. The summed E-state index contributed by atoms with van der Waals surface area (Å²) in [5, 5.41) is 5.54. The highest BCUT2D eigenvalue weighted by atomic mass is 16.5. The van der Waals surface area contributed by atoms with Crippen molar-refractivity contribution in [3.05, 3.63) is 42.0 Å². The summed E-state index contributed by atoms with van der Waals surface area (Å²) in [7, 11) is 3.12. The molecule has 0 bridgehead atoms. The summed E-state index contributed by atoms with van der Waals surface area (Å²) in [6.07, 6.45) is 3.92. The first-order valence-corrected chi connectivity index (χ1v) is 7.76. The summed E-state index contributed by atoms with van der Waals surface area (Å²) < 4.78 is 10.4. The van der Waals surface area contributed by atoms with Crippen LogP contribution < -0.4 is 20.1 Å². The van der Waals surface area contributed by atoms with Crippen LogP contribution >= 0.6 is 0 Å². The van der Waals surface area contributed by atoms with Crippen LogP contribution in [0.25, 0.3) is 0 Å². The van der Waals surface area contributed by atoms with Gasteiger partial charge in [0.05, 0.1) is 26.5 Å². The molecule has 2 aromatic rings. The molecule has 0 spiro atoms. The molecule has 1 aliphatic rings. The molecule has 0 aliphatic heterocycles. The maximum Gasteiger partial charge on any atom is 0.319 e. The van der Waals surface area contributed by atoms with Gasteiger partial charge in [0.2, 0.25) is 0 Å². The Morgan fingerprint density at radius 3 is 2.46 bits per heavy atom. The summed E-state index contributed by atoms with van der Waals surface area (Å²) in [4.78, 5) is 20.5. The van der Waals surface area contributed by atoms with Crippen LogP contribution in [0.1, 0.15) is 30.1 Å². The number of anilines is 1. The van der Waals surface area contributed by atoms with Gasteiger partial charge < -0.3 is 20.1 Å². The fourth-order valence-corrected chi connectivity index (χ4v) is 2.34. The molecule has 2 N–H and O–H groups in total. The van der Waals surface area contributed by atoms with Gasteiger partial charge in [-0.1, -0.05) is 0 Å². The predicted octanol–water partition coefficient (Wildman–Crippen LogP) is 2.69. The first-order chi connectivity index (χ1) is 11.7. The van der Waals surface area contributed by atoms with Crippen molar-refractivity contribution in [1.82, 2.24) is 15.3 Å². The van der Waals surface area contributed by atoms with E-state index < -0.39 is 0 Å². The van der Waals surface area contributed by atoms with Crippen LogP contribution in [0.2, 0.25) is 0 Å². The van der Waals surface area contributed by atoms with Crippen molar-refractivity contribution >= 4 is 11.7 Å². The number of carbonyl (C=O) groups is 1. The zero-order chi connectivity index (χ0) is 16.9. The Morgan fingerprint density at radius 1 is 1.12 bits per heavy atom. The molecule has 0 radical (unpaired) electrons. The Morgan fingerprint density at radius 2 is 1.83 bits per heavy atom. The lowest BCUT2D eigenvalue weighted by molar-refractivity contribution is 0.251. The van der Waals surface area contributed by atoms with Gasteiger partial charge >= 0.3 is 6.03 Å². The van der Waals surface area contributed by atoms with Crippen molar-refractivity contribution in [2.24, 2.45) is 0 Å². The van der Waals surface area contributed by atoms with Gasteiger partial charge in [0.25, 0.3) is 0 Å². The number of nitrogens with zero attached hydrogens (tertiary/aromatic N) is 2.